The van der Waals surface area contributed by atoms with Crippen molar-refractivity contribution in [3.05, 3.63) is 34.9 Å². The van der Waals surface area contributed by atoms with Gasteiger partial charge in [0.05, 0.1) is 12.2 Å². The Morgan fingerprint density at radius 1 is 1.47 bits per heavy atom. The molecule has 0 spiro atoms. The molecule has 0 aliphatic heterocycles. The van der Waals surface area contributed by atoms with Crippen LogP contribution in [0.4, 0.5) is 0 Å². The number of esters is 1. The molecule has 0 saturated carbocycles. The molecular weight excluding hydrogens is 284 g/mol. The minimum absolute atomic E-state index is 0.323. The molecule has 3 nitrogen and oxygen atoms in total. The summed E-state index contributed by atoms with van der Waals surface area (Å²) < 4.78 is 5.01. The molecule has 0 unspecified atom stereocenters. The lowest BCUT2D eigenvalue weighted by molar-refractivity contribution is -0.107. The number of carbonyl (C=O) groups excluding carboxylic acids is 2. The van der Waals surface area contributed by atoms with Gasteiger partial charge in [0.2, 0.25) is 0 Å². The second kappa shape index (κ2) is 7.22. The summed E-state index contributed by atoms with van der Waals surface area (Å²) in [4.78, 5) is 22.2. The van der Waals surface area contributed by atoms with Crippen molar-refractivity contribution < 1.29 is 14.3 Å². The Morgan fingerprint density at radius 2 is 2.24 bits per heavy atom. The average Bonchev–Trinajstić information content (AvgIpc) is 2.36. The zero-order chi connectivity index (χ0) is 12.7. The van der Waals surface area contributed by atoms with Crippen LogP contribution in [0.2, 0.25) is 0 Å². The summed E-state index contributed by atoms with van der Waals surface area (Å²) in [5.74, 6) is -0.323. The van der Waals surface area contributed by atoms with Gasteiger partial charge >= 0.3 is 5.97 Å². The predicted octanol–water partition coefficient (Wildman–Crippen LogP) is 2.89. The highest BCUT2D eigenvalue weighted by atomic mass is 79.9. The Balaban J connectivity index is 3.01. The molecule has 0 aromatic heterocycles. The number of hydrogen-bond acceptors (Lipinski definition) is 3. The highest BCUT2D eigenvalue weighted by Gasteiger charge is 2.12. The SMILES string of the molecule is CCOC(=O)c1cc(CBr)ccc1CCC=O. The first-order chi connectivity index (χ1) is 8.22. The Hall–Kier alpha value is -1.16. The van der Waals surface area contributed by atoms with Gasteiger partial charge in [-0.15, -0.1) is 0 Å². The first-order valence-electron chi connectivity index (χ1n) is 5.51. The van der Waals surface area contributed by atoms with Gasteiger partial charge in [-0.1, -0.05) is 28.1 Å². The topological polar surface area (TPSA) is 43.4 Å². The average molecular weight is 299 g/mol. The van der Waals surface area contributed by atoms with Crippen LogP contribution in [-0.4, -0.2) is 18.9 Å². The minimum Gasteiger partial charge on any atom is -0.462 e. The van der Waals surface area contributed by atoms with Crippen LogP contribution in [0.25, 0.3) is 0 Å². The molecule has 0 aliphatic rings. The van der Waals surface area contributed by atoms with E-state index < -0.39 is 0 Å². The van der Waals surface area contributed by atoms with E-state index in [1.807, 2.05) is 18.2 Å². The standard InChI is InChI=1S/C13H15BrO3/c1-2-17-13(16)12-8-10(9-14)5-6-11(12)4-3-7-15/h5-8H,2-4,9H2,1H3. The smallest absolute Gasteiger partial charge is 0.338 e. The summed E-state index contributed by atoms with van der Waals surface area (Å²) in [5.41, 5.74) is 2.44. The van der Waals surface area contributed by atoms with Crippen molar-refractivity contribution in [2.75, 3.05) is 6.61 Å². The normalized spacial score (nSPS) is 10.0. The van der Waals surface area contributed by atoms with Gasteiger partial charge in [-0.3, -0.25) is 0 Å². The fraction of sp³-hybridized carbons (Fsp3) is 0.385. The van der Waals surface area contributed by atoms with E-state index in [9.17, 15) is 9.59 Å². The van der Waals surface area contributed by atoms with Crippen molar-refractivity contribution in [3.63, 3.8) is 0 Å². The zero-order valence-corrected chi connectivity index (χ0v) is 11.3. The molecular formula is C13H15BrO3. The number of aldehydes is 1. The summed E-state index contributed by atoms with van der Waals surface area (Å²) in [6.07, 6.45) is 1.84. The number of hydrogen-bond donors (Lipinski definition) is 0. The lowest BCUT2D eigenvalue weighted by Crippen LogP contribution is -2.09. The first kappa shape index (κ1) is 13.9. The van der Waals surface area contributed by atoms with Crippen LogP contribution < -0.4 is 0 Å². The number of aryl methyl sites for hydroxylation is 1. The maximum Gasteiger partial charge on any atom is 0.338 e. The lowest BCUT2D eigenvalue weighted by atomic mass is 10.0. The number of rotatable bonds is 6. The van der Waals surface area contributed by atoms with E-state index >= 15 is 0 Å². The van der Waals surface area contributed by atoms with E-state index in [2.05, 4.69) is 15.9 Å². The van der Waals surface area contributed by atoms with Crippen LogP contribution in [-0.2, 0) is 21.3 Å². The lowest BCUT2D eigenvalue weighted by Gasteiger charge is -2.09. The summed E-state index contributed by atoms with van der Waals surface area (Å²) in [6.45, 7) is 2.13. The first-order valence-corrected chi connectivity index (χ1v) is 6.63. The molecule has 0 bridgehead atoms. The molecule has 0 atom stereocenters. The zero-order valence-electron chi connectivity index (χ0n) is 9.74. The van der Waals surface area contributed by atoms with Crippen LogP contribution >= 0.6 is 15.9 Å². The van der Waals surface area contributed by atoms with E-state index in [0.29, 0.717) is 30.3 Å². The van der Waals surface area contributed by atoms with E-state index in [0.717, 1.165) is 17.4 Å². The number of ether oxygens (including phenoxy) is 1. The van der Waals surface area contributed by atoms with Crippen LogP contribution in [0.5, 0.6) is 0 Å². The molecule has 1 rings (SSSR count). The van der Waals surface area contributed by atoms with Crippen molar-refractivity contribution in [2.45, 2.75) is 25.1 Å². The van der Waals surface area contributed by atoms with Gasteiger partial charge in [-0.05, 0) is 30.5 Å². The quantitative estimate of drug-likeness (QED) is 0.461. The fourth-order valence-electron chi connectivity index (χ4n) is 1.54. The molecule has 0 heterocycles. The monoisotopic (exact) mass is 298 g/mol. The van der Waals surface area contributed by atoms with E-state index in [-0.39, 0.29) is 5.97 Å². The third-order valence-electron chi connectivity index (χ3n) is 2.36. The maximum atomic E-state index is 11.8. The van der Waals surface area contributed by atoms with E-state index in [1.54, 1.807) is 6.92 Å². The Bertz CT molecular complexity index is 402. The largest absolute Gasteiger partial charge is 0.462 e. The number of alkyl halides is 1. The summed E-state index contributed by atoms with van der Waals surface area (Å²) in [7, 11) is 0. The van der Waals surface area contributed by atoms with Crippen molar-refractivity contribution in [2.24, 2.45) is 0 Å². The van der Waals surface area contributed by atoms with Crippen LogP contribution in [0.3, 0.4) is 0 Å². The van der Waals surface area contributed by atoms with Gasteiger partial charge < -0.3 is 9.53 Å². The Kier molecular flexibility index (Phi) is 5.91. The summed E-state index contributed by atoms with van der Waals surface area (Å²) in [5, 5.41) is 0.688. The molecule has 0 fully saturated rings. The molecule has 0 amide bonds. The molecule has 1 aromatic rings. The minimum atomic E-state index is -0.323. The molecule has 0 radical (unpaired) electrons. The molecule has 1 aromatic carbocycles. The van der Waals surface area contributed by atoms with Crippen molar-refractivity contribution in [3.8, 4) is 0 Å². The van der Waals surface area contributed by atoms with E-state index in [4.69, 9.17) is 4.74 Å². The molecule has 0 N–H and O–H groups in total. The molecule has 4 heteroatoms. The van der Waals surface area contributed by atoms with Gasteiger partial charge in [-0.2, -0.15) is 0 Å². The van der Waals surface area contributed by atoms with Gasteiger partial charge in [0.1, 0.15) is 6.29 Å². The van der Waals surface area contributed by atoms with Crippen molar-refractivity contribution in [1.82, 2.24) is 0 Å². The van der Waals surface area contributed by atoms with Gasteiger partial charge in [0, 0.05) is 11.8 Å². The third kappa shape index (κ3) is 3.97. The Morgan fingerprint density at radius 3 is 2.82 bits per heavy atom. The fourth-order valence-corrected chi connectivity index (χ4v) is 1.89. The van der Waals surface area contributed by atoms with Crippen molar-refractivity contribution in [1.29, 1.82) is 0 Å². The highest BCUT2D eigenvalue weighted by molar-refractivity contribution is 9.08. The number of carbonyl (C=O) groups is 2. The van der Waals surface area contributed by atoms with E-state index in [1.165, 1.54) is 0 Å². The third-order valence-corrected chi connectivity index (χ3v) is 3.00. The Labute approximate surface area is 109 Å². The van der Waals surface area contributed by atoms with Gasteiger partial charge in [0.25, 0.3) is 0 Å². The second-order valence-corrected chi connectivity index (χ2v) is 4.11. The highest BCUT2D eigenvalue weighted by Crippen LogP contribution is 2.17. The van der Waals surface area contributed by atoms with Gasteiger partial charge in [-0.25, -0.2) is 4.79 Å². The summed E-state index contributed by atoms with van der Waals surface area (Å²) in [6, 6.07) is 5.64. The molecule has 92 valence electrons. The second-order valence-electron chi connectivity index (χ2n) is 3.55. The van der Waals surface area contributed by atoms with Gasteiger partial charge in [0.15, 0.2) is 0 Å². The summed E-state index contributed by atoms with van der Waals surface area (Å²) >= 11 is 3.35. The molecule has 0 saturated heterocycles. The molecule has 17 heavy (non-hydrogen) atoms. The van der Waals surface area contributed by atoms with Crippen LogP contribution in [0.15, 0.2) is 18.2 Å². The van der Waals surface area contributed by atoms with Crippen LogP contribution in [0, 0.1) is 0 Å². The van der Waals surface area contributed by atoms with Crippen LogP contribution in [0.1, 0.15) is 34.8 Å². The van der Waals surface area contributed by atoms with Crippen molar-refractivity contribution >= 4 is 28.2 Å². The maximum absolute atomic E-state index is 11.8. The predicted molar refractivity (Wildman–Crippen MR) is 69.4 cm³/mol. The number of benzene rings is 1. The molecule has 0 aliphatic carbocycles. The number of halogens is 1.